The molecule has 5 heteroatoms. The van der Waals surface area contributed by atoms with Crippen LogP contribution in [0.15, 0.2) is 39.9 Å². The summed E-state index contributed by atoms with van der Waals surface area (Å²) in [5.74, 6) is 0.910. The third kappa shape index (κ3) is 2.30. The zero-order valence-electron chi connectivity index (χ0n) is 8.53. The highest BCUT2D eigenvalue weighted by molar-refractivity contribution is 9.10. The highest BCUT2D eigenvalue weighted by Gasteiger charge is 2.07. The summed E-state index contributed by atoms with van der Waals surface area (Å²) in [5, 5.41) is 0. The lowest BCUT2D eigenvalue weighted by Crippen LogP contribution is -2.08. The molecule has 0 aliphatic heterocycles. The zero-order chi connectivity index (χ0) is 11.5. The molecule has 1 N–H and O–H groups in total. The van der Waals surface area contributed by atoms with E-state index in [1.165, 1.54) is 6.33 Å². The van der Waals surface area contributed by atoms with Crippen molar-refractivity contribution < 1.29 is 4.74 Å². The summed E-state index contributed by atoms with van der Waals surface area (Å²) in [7, 11) is 0. The van der Waals surface area contributed by atoms with Gasteiger partial charge in [-0.1, -0.05) is 12.1 Å². The standard InChI is InChI=1S/C11H9BrN2O2/c1-7-3-2-4-8(5-7)16-11-9(12)10(15)13-6-14-11/h2-6H,1H3,(H,13,14,15). The summed E-state index contributed by atoms with van der Waals surface area (Å²) in [6, 6.07) is 7.52. The largest absolute Gasteiger partial charge is 0.438 e. The molecule has 0 radical (unpaired) electrons. The number of hydrogen-bond donors (Lipinski definition) is 1. The smallest absolute Gasteiger partial charge is 0.268 e. The molecule has 0 amide bonds. The number of rotatable bonds is 2. The Labute approximate surface area is 100 Å². The summed E-state index contributed by atoms with van der Waals surface area (Å²) in [5.41, 5.74) is 0.816. The maximum atomic E-state index is 11.3. The van der Waals surface area contributed by atoms with Gasteiger partial charge in [-0.15, -0.1) is 0 Å². The zero-order valence-corrected chi connectivity index (χ0v) is 10.1. The number of H-pyrrole nitrogens is 1. The molecule has 0 unspecified atom stereocenters. The lowest BCUT2D eigenvalue weighted by atomic mass is 10.2. The number of aryl methyl sites for hydroxylation is 1. The third-order valence-corrected chi connectivity index (χ3v) is 2.67. The van der Waals surface area contributed by atoms with E-state index in [4.69, 9.17) is 4.74 Å². The van der Waals surface area contributed by atoms with Crippen LogP contribution in [0, 0.1) is 6.92 Å². The maximum Gasteiger partial charge on any atom is 0.268 e. The number of ether oxygens (including phenoxy) is 1. The van der Waals surface area contributed by atoms with Crippen LogP contribution < -0.4 is 10.3 Å². The lowest BCUT2D eigenvalue weighted by Gasteiger charge is -2.05. The van der Waals surface area contributed by atoms with E-state index in [9.17, 15) is 4.79 Å². The average Bonchev–Trinajstić information content (AvgIpc) is 2.25. The van der Waals surface area contributed by atoms with Crippen molar-refractivity contribution >= 4 is 15.9 Å². The molecule has 0 bridgehead atoms. The van der Waals surface area contributed by atoms with E-state index >= 15 is 0 Å². The molecule has 82 valence electrons. The Morgan fingerprint density at radius 1 is 1.44 bits per heavy atom. The number of halogens is 1. The summed E-state index contributed by atoms with van der Waals surface area (Å²) < 4.78 is 5.78. The van der Waals surface area contributed by atoms with E-state index in [-0.39, 0.29) is 15.9 Å². The molecule has 0 aliphatic rings. The Kier molecular flexibility index (Phi) is 3.05. The fourth-order valence-corrected chi connectivity index (χ4v) is 1.53. The predicted octanol–water partition coefficient (Wildman–Crippen LogP) is 2.63. The Bertz CT molecular complexity index is 566. The molecule has 0 aliphatic carbocycles. The van der Waals surface area contributed by atoms with Gasteiger partial charge >= 0.3 is 0 Å². The maximum absolute atomic E-state index is 11.3. The van der Waals surface area contributed by atoms with Crippen molar-refractivity contribution in [3.05, 3.63) is 51.0 Å². The Hall–Kier alpha value is -1.62. The number of aromatic amines is 1. The second-order valence-electron chi connectivity index (χ2n) is 3.27. The molecule has 2 rings (SSSR count). The molecule has 0 spiro atoms. The van der Waals surface area contributed by atoms with Gasteiger partial charge in [-0.25, -0.2) is 4.98 Å². The highest BCUT2D eigenvalue weighted by Crippen LogP contribution is 2.24. The molecular formula is C11H9BrN2O2. The molecule has 4 nitrogen and oxygen atoms in total. The van der Waals surface area contributed by atoms with E-state index in [1.807, 2.05) is 31.2 Å². The topological polar surface area (TPSA) is 55.0 Å². The van der Waals surface area contributed by atoms with Crippen LogP contribution in [0.25, 0.3) is 0 Å². The fraction of sp³-hybridized carbons (Fsp3) is 0.0909. The van der Waals surface area contributed by atoms with E-state index < -0.39 is 0 Å². The summed E-state index contributed by atoms with van der Waals surface area (Å²) >= 11 is 3.12. The Balaban J connectivity index is 2.34. The van der Waals surface area contributed by atoms with E-state index in [1.54, 1.807) is 0 Å². The first-order valence-corrected chi connectivity index (χ1v) is 5.44. The Morgan fingerprint density at radius 3 is 3.00 bits per heavy atom. The summed E-state index contributed by atoms with van der Waals surface area (Å²) in [6.07, 6.45) is 1.30. The van der Waals surface area contributed by atoms with Gasteiger partial charge in [0.1, 0.15) is 10.2 Å². The van der Waals surface area contributed by atoms with Crippen molar-refractivity contribution in [3.8, 4) is 11.6 Å². The molecule has 0 fully saturated rings. The molecule has 0 saturated heterocycles. The number of hydrogen-bond acceptors (Lipinski definition) is 3. The molecule has 1 aromatic carbocycles. The fourth-order valence-electron chi connectivity index (χ4n) is 1.23. The number of aromatic nitrogens is 2. The van der Waals surface area contributed by atoms with Gasteiger partial charge in [-0.05, 0) is 40.5 Å². The van der Waals surface area contributed by atoms with E-state index in [0.29, 0.717) is 5.75 Å². The average molecular weight is 281 g/mol. The van der Waals surface area contributed by atoms with Gasteiger partial charge in [0.25, 0.3) is 5.56 Å². The molecule has 16 heavy (non-hydrogen) atoms. The van der Waals surface area contributed by atoms with Gasteiger partial charge in [0.2, 0.25) is 5.88 Å². The number of benzene rings is 1. The van der Waals surface area contributed by atoms with Crippen molar-refractivity contribution in [2.24, 2.45) is 0 Å². The van der Waals surface area contributed by atoms with Crippen LogP contribution >= 0.6 is 15.9 Å². The normalized spacial score (nSPS) is 10.1. The van der Waals surface area contributed by atoms with Crippen molar-refractivity contribution in [3.63, 3.8) is 0 Å². The molecule has 0 saturated carbocycles. The van der Waals surface area contributed by atoms with Crippen LogP contribution in [-0.4, -0.2) is 9.97 Å². The van der Waals surface area contributed by atoms with Crippen molar-refractivity contribution in [2.75, 3.05) is 0 Å². The van der Waals surface area contributed by atoms with Gasteiger partial charge in [0.05, 0.1) is 6.33 Å². The lowest BCUT2D eigenvalue weighted by molar-refractivity contribution is 0.456. The molecule has 1 aromatic heterocycles. The summed E-state index contributed by atoms with van der Waals surface area (Å²) in [6.45, 7) is 1.97. The van der Waals surface area contributed by atoms with Gasteiger partial charge < -0.3 is 9.72 Å². The number of nitrogens with one attached hydrogen (secondary N) is 1. The van der Waals surface area contributed by atoms with Gasteiger partial charge in [0.15, 0.2) is 0 Å². The predicted molar refractivity (Wildman–Crippen MR) is 63.8 cm³/mol. The van der Waals surface area contributed by atoms with Crippen molar-refractivity contribution in [1.82, 2.24) is 9.97 Å². The van der Waals surface area contributed by atoms with Crippen LogP contribution in [-0.2, 0) is 0 Å². The third-order valence-electron chi connectivity index (χ3n) is 1.97. The quantitative estimate of drug-likeness (QED) is 0.920. The van der Waals surface area contributed by atoms with E-state index in [0.717, 1.165) is 5.56 Å². The highest BCUT2D eigenvalue weighted by atomic mass is 79.9. The second-order valence-corrected chi connectivity index (χ2v) is 4.06. The van der Waals surface area contributed by atoms with Crippen LogP contribution in [0.2, 0.25) is 0 Å². The minimum atomic E-state index is -0.266. The van der Waals surface area contributed by atoms with E-state index in [2.05, 4.69) is 25.9 Å². The van der Waals surface area contributed by atoms with Gasteiger partial charge in [-0.2, -0.15) is 0 Å². The minimum absolute atomic E-state index is 0.259. The Morgan fingerprint density at radius 2 is 2.25 bits per heavy atom. The van der Waals surface area contributed by atoms with Crippen LogP contribution in [0.1, 0.15) is 5.56 Å². The first kappa shape index (κ1) is 10.9. The second kappa shape index (κ2) is 4.49. The van der Waals surface area contributed by atoms with Crippen LogP contribution in [0.4, 0.5) is 0 Å². The van der Waals surface area contributed by atoms with Gasteiger partial charge in [-0.3, -0.25) is 4.79 Å². The monoisotopic (exact) mass is 280 g/mol. The van der Waals surface area contributed by atoms with Crippen LogP contribution in [0.5, 0.6) is 11.6 Å². The van der Waals surface area contributed by atoms with Crippen molar-refractivity contribution in [2.45, 2.75) is 6.92 Å². The number of nitrogens with zero attached hydrogens (tertiary/aromatic N) is 1. The SMILES string of the molecule is Cc1cccc(Oc2nc[nH]c(=O)c2Br)c1. The molecule has 2 aromatic rings. The van der Waals surface area contributed by atoms with Crippen LogP contribution in [0.3, 0.4) is 0 Å². The first-order valence-electron chi connectivity index (χ1n) is 4.64. The van der Waals surface area contributed by atoms with Crippen molar-refractivity contribution in [1.29, 1.82) is 0 Å². The molecule has 0 atom stereocenters. The van der Waals surface area contributed by atoms with Gasteiger partial charge in [0, 0.05) is 0 Å². The minimum Gasteiger partial charge on any atom is -0.438 e. The molecule has 1 heterocycles. The molecular weight excluding hydrogens is 272 g/mol. The summed E-state index contributed by atoms with van der Waals surface area (Å²) in [4.78, 5) is 17.7. The first-order chi connectivity index (χ1) is 7.66.